The Morgan fingerprint density at radius 3 is 2.37 bits per heavy atom. The highest BCUT2D eigenvalue weighted by Gasteiger charge is 2.23. The number of nitrogens with zero attached hydrogens (tertiary/aromatic N) is 3. The smallest absolute Gasteiger partial charge is 0.191 e. The van der Waals surface area contributed by atoms with Crippen molar-refractivity contribution in [2.24, 2.45) is 4.99 Å². The molecular weight excluding hydrogens is 485 g/mol. The van der Waals surface area contributed by atoms with Gasteiger partial charge in [0.05, 0.1) is 6.54 Å². The maximum Gasteiger partial charge on any atom is 0.191 e. The van der Waals surface area contributed by atoms with E-state index in [0.717, 1.165) is 38.6 Å². The Bertz CT molecular complexity index is 786. The summed E-state index contributed by atoms with van der Waals surface area (Å²) in [4.78, 5) is 9.44. The average molecular weight is 521 g/mol. The molecule has 2 aromatic carbocycles. The number of rotatable bonds is 7. The summed E-state index contributed by atoms with van der Waals surface area (Å²) in [6.45, 7) is 8.84. The van der Waals surface area contributed by atoms with Gasteiger partial charge in [-0.3, -0.25) is 0 Å². The molecule has 0 spiro atoms. The van der Waals surface area contributed by atoms with Crippen LogP contribution in [0, 0.1) is 6.92 Å². The summed E-state index contributed by atoms with van der Waals surface area (Å²) in [5.74, 6) is 0.903. The number of aliphatic imine (C=N–C) groups is 1. The third kappa shape index (κ3) is 7.47. The fourth-order valence-electron chi connectivity index (χ4n) is 3.67. The topological polar surface area (TPSA) is 42.9 Å². The predicted molar refractivity (Wildman–Crippen MR) is 139 cm³/mol. The predicted octanol–water partition coefficient (Wildman–Crippen LogP) is 4.01. The molecule has 164 valence electrons. The molecular formula is C24H36IN5. The highest BCUT2D eigenvalue weighted by Crippen LogP contribution is 2.20. The summed E-state index contributed by atoms with van der Waals surface area (Å²) in [7, 11) is 4.19. The summed E-state index contributed by atoms with van der Waals surface area (Å²) in [5.41, 5.74) is 5.17. The molecule has 1 atom stereocenters. The molecule has 0 radical (unpaired) electrons. The molecule has 30 heavy (non-hydrogen) atoms. The van der Waals surface area contributed by atoms with Gasteiger partial charge in [0.15, 0.2) is 5.96 Å². The number of nitrogens with one attached hydrogen (secondary N) is 2. The largest absolute Gasteiger partial charge is 0.369 e. The lowest BCUT2D eigenvalue weighted by Gasteiger charge is -2.20. The van der Waals surface area contributed by atoms with E-state index in [1.54, 1.807) is 0 Å². The van der Waals surface area contributed by atoms with Gasteiger partial charge in [0.1, 0.15) is 0 Å². The van der Waals surface area contributed by atoms with Crippen molar-refractivity contribution in [3.63, 3.8) is 0 Å². The first-order valence-corrected chi connectivity index (χ1v) is 10.6. The molecule has 1 fully saturated rings. The Labute approximate surface area is 199 Å². The molecule has 2 N–H and O–H groups in total. The Morgan fingerprint density at radius 2 is 1.73 bits per heavy atom. The first-order chi connectivity index (χ1) is 14.0. The lowest BCUT2D eigenvalue weighted by molar-refractivity contribution is 0.402. The van der Waals surface area contributed by atoms with E-state index in [9.17, 15) is 0 Å². The van der Waals surface area contributed by atoms with Crippen LogP contribution in [0.2, 0.25) is 0 Å². The molecule has 1 saturated heterocycles. The Morgan fingerprint density at radius 1 is 1.07 bits per heavy atom. The normalized spacial score (nSPS) is 16.5. The van der Waals surface area contributed by atoms with E-state index in [4.69, 9.17) is 4.99 Å². The summed E-state index contributed by atoms with van der Waals surface area (Å²) >= 11 is 0. The molecule has 6 heteroatoms. The summed E-state index contributed by atoms with van der Waals surface area (Å²) < 4.78 is 0. The van der Waals surface area contributed by atoms with E-state index in [1.165, 1.54) is 22.4 Å². The van der Waals surface area contributed by atoms with Gasteiger partial charge in [-0.05, 0) is 57.6 Å². The van der Waals surface area contributed by atoms with Crippen LogP contribution in [-0.2, 0) is 13.1 Å². The van der Waals surface area contributed by atoms with Crippen molar-refractivity contribution in [2.45, 2.75) is 39.4 Å². The maximum atomic E-state index is 4.81. The zero-order valence-electron chi connectivity index (χ0n) is 18.7. The standard InChI is InChI=1S/C24H35N5.HI/c1-5-25-24(26-16-20-8-10-21(11-9-20)17-28(3)4)27-22-14-15-29(18-22)23-12-6-19(2)7-13-23;/h6-13,22H,5,14-18H2,1-4H3,(H2,25,26,27);1H. The number of hydrogen-bond donors (Lipinski definition) is 2. The minimum atomic E-state index is 0. The highest BCUT2D eigenvalue weighted by atomic mass is 127. The maximum absolute atomic E-state index is 4.81. The van der Waals surface area contributed by atoms with Crippen molar-refractivity contribution in [1.29, 1.82) is 0 Å². The van der Waals surface area contributed by atoms with Crippen LogP contribution >= 0.6 is 24.0 Å². The first kappa shape index (κ1) is 24.5. The second-order valence-corrected chi connectivity index (χ2v) is 8.16. The number of anilines is 1. The number of guanidine groups is 1. The Kier molecular flexibility index (Phi) is 9.91. The van der Waals surface area contributed by atoms with E-state index in [0.29, 0.717) is 12.6 Å². The Balaban J connectivity index is 0.00000320. The highest BCUT2D eigenvalue weighted by molar-refractivity contribution is 14.0. The van der Waals surface area contributed by atoms with Gasteiger partial charge in [0, 0.05) is 37.9 Å². The minimum absolute atomic E-state index is 0. The number of halogens is 1. The molecule has 5 nitrogen and oxygen atoms in total. The SMILES string of the molecule is CCNC(=NCc1ccc(CN(C)C)cc1)NC1CCN(c2ccc(C)cc2)C1.I. The molecule has 0 aromatic heterocycles. The van der Waals surface area contributed by atoms with Gasteiger partial charge in [-0.2, -0.15) is 0 Å². The van der Waals surface area contributed by atoms with Gasteiger partial charge >= 0.3 is 0 Å². The molecule has 2 aromatic rings. The molecule has 1 aliphatic heterocycles. The second-order valence-electron chi connectivity index (χ2n) is 8.16. The third-order valence-corrected chi connectivity index (χ3v) is 5.21. The van der Waals surface area contributed by atoms with E-state index in [-0.39, 0.29) is 24.0 Å². The lowest BCUT2D eigenvalue weighted by Crippen LogP contribution is -2.44. The lowest BCUT2D eigenvalue weighted by atomic mass is 10.1. The monoisotopic (exact) mass is 521 g/mol. The number of benzene rings is 2. The zero-order chi connectivity index (χ0) is 20.6. The fraction of sp³-hybridized carbons (Fsp3) is 0.458. The van der Waals surface area contributed by atoms with E-state index < -0.39 is 0 Å². The van der Waals surface area contributed by atoms with Crippen LogP contribution in [-0.4, -0.2) is 50.6 Å². The van der Waals surface area contributed by atoms with Crippen molar-refractivity contribution in [2.75, 3.05) is 38.6 Å². The van der Waals surface area contributed by atoms with Crippen molar-refractivity contribution in [3.05, 3.63) is 65.2 Å². The fourth-order valence-corrected chi connectivity index (χ4v) is 3.67. The number of hydrogen-bond acceptors (Lipinski definition) is 3. The van der Waals surface area contributed by atoms with Crippen molar-refractivity contribution < 1.29 is 0 Å². The van der Waals surface area contributed by atoms with Gasteiger partial charge in [0.25, 0.3) is 0 Å². The molecule has 1 aliphatic rings. The van der Waals surface area contributed by atoms with Gasteiger partial charge < -0.3 is 20.4 Å². The summed E-state index contributed by atoms with van der Waals surface area (Å²) in [5, 5.41) is 7.02. The molecule has 0 amide bonds. The number of aryl methyl sites for hydroxylation is 1. The van der Waals surface area contributed by atoms with Crippen LogP contribution in [0.25, 0.3) is 0 Å². The average Bonchev–Trinajstić information content (AvgIpc) is 3.16. The van der Waals surface area contributed by atoms with Crippen LogP contribution in [0.4, 0.5) is 5.69 Å². The first-order valence-electron chi connectivity index (χ1n) is 10.6. The van der Waals surface area contributed by atoms with Crippen molar-refractivity contribution >= 4 is 35.6 Å². The van der Waals surface area contributed by atoms with Crippen molar-refractivity contribution in [3.8, 4) is 0 Å². The quantitative estimate of drug-likeness (QED) is 0.329. The van der Waals surface area contributed by atoms with Crippen LogP contribution in [0.15, 0.2) is 53.5 Å². The Hall–Kier alpha value is -1.80. The molecule has 1 heterocycles. The van der Waals surface area contributed by atoms with E-state index in [1.807, 2.05) is 0 Å². The third-order valence-electron chi connectivity index (χ3n) is 5.21. The van der Waals surface area contributed by atoms with Crippen molar-refractivity contribution in [1.82, 2.24) is 15.5 Å². The van der Waals surface area contributed by atoms with Gasteiger partial charge in [0.2, 0.25) is 0 Å². The van der Waals surface area contributed by atoms with Crippen LogP contribution in [0.1, 0.15) is 30.0 Å². The molecule has 3 rings (SSSR count). The van der Waals surface area contributed by atoms with Gasteiger partial charge in [-0.15, -0.1) is 24.0 Å². The molecule has 0 bridgehead atoms. The summed E-state index contributed by atoms with van der Waals surface area (Å²) in [6, 6.07) is 18.0. The van der Waals surface area contributed by atoms with Crippen LogP contribution < -0.4 is 15.5 Å². The van der Waals surface area contributed by atoms with E-state index in [2.05, 4.69) is 96.9 Å². The minimum Gasteiger partial charge on any atom is -0.369 e. The van der Waals surface area contributed by atoms with E-state index >= 15 is 0 Å². The second kappa shape index (κ2) is 12.2. The molecule has 1 unspecified atom stereocenters. The zero-order valence-corrected chi connectivity index (χ0v) is 21.0. The summed E-state index contributed by atoms with van der Waals surface area (Å²) in [6.07, 6.45) is 1.12. The van der Waals surface area contributed by atoms with Crippen LogP contribution in [0.3, 0.4) is 0 Å². The molecule has 0 aliphatic carbocycles. The van der Waals surface area contributed by atoms with Gasteiger partial charge in [-0.1, -0.05) is 42.0 Å². The van der Waals surface area contributed by atoms with Crippen LogP contribution in [0.5, 0.6) is 0 Å². The van der Waals surface area contributed by atoms with Gasteiger partial charge in [-0.25, -0.2) is 4.99 Å². The molecule has 0 saturated carbocycles.